The third-order valence-corrected chi connectivity index (χ3v) is 6.34. The summed E-state index contributed by atoms with van der Waals surface area (Å²) < 4.78 is 2.33. The van der Waals surface area contributed by atoms with Crippen LogP contribution >= 0.6 is 23.1 Å². The molecule has 1 aromatic carbocycles. The summed E-state index contributed by atoms with van der Waals surface area (Å²) in [5, 5.41) is 20.4. The number of aromatic nitrogens is 4. The number of carbonyl (C=O) groups excluding carboxylic acids is 1. The lowest BCUT2D eigenvalue weighted by atomic mass is 10.2. The van der Waals surface area contributed by atoms with E-state index in [1.54, 1.807) is 47.5 Å². The Balaban J connectivity index is 1.48. The molecule has 11 heteroatoms. The lowest BCUT2D eigenvalue weighted by Gasteiger charge is -2.08. The fraction of sp³-hybridized carbons (Fsp3) is 0.100. The molecule has 3 aromatic heterocycles. The summed E-state index contributed by atoms with van der Waals surface area (Å²) in [4.78, 5) is 32.7. The van der Waals surface area contributed by atoms with Crippen LogP contribution in [0.3, 0.4) is 0 Å². The van der Waals surface area contributed by atoms with Gasteiger partial charge in [-0.05, 0) is 42.8 Å². The van der Waals surface area contributed by atoms with E-state index in [0.29, 0.717) is 15.1 Å². The van der Waals surface area contributed by atoms with Gasteiger partial charge in [0.05, 0.1) is 9.82 Å². The molecule has 1 N–H and O–H groups in total. The fourth-order valence-corrected chi connectivity index (χ4v) is 4.62. The van der Waals surface area contributed by atoms with Gasteiger partial charge in [-0.2, -0.15) is 5.10 Å². The van der Waals surface area contributed by atoms with E-state index in [2.05, 4.69) is 20.4 Å². The molecule has 4 aromatic rings. The molecule has 0 radical (unpaired) electrons. The van der Waals surface area contributed by atoms with Crippen LogP contribution in [0.1, 0.15) is 21.6 Å². The van der Waals surface area contributed by atoms with Gasteiger partial charge < -0.3 is 5.32 Å². The van der Waals surface area contributed by atoms with Crippen LogP contribution in [0.4, 0.5) is 5.69 Å². The van der Waals surface area contributed by atoms with Crippen molar-refractivity contribution in [1.29, 1.82) is 0 Å². The molecule has 0 aliphatic carbocycles. The van der Waals surface area contributed by atoms with Gasteiger partial charge in [0.1, 0.15) is 0 Å². The molecule has 31 heavy (non-hydrogen) atoms. The highest BCUT2D eigenvalue weighted by Gasteiger charge is 2.19. The second-order valence-corrected chi connectivity index (χ2v) is 8.60. The molecule has 0 aliphatic rings. The SMILES string of the molecule is Cc1csc(Sc2ccc(C(=O)NCc3ccnc(-n4cccn4)c3)cc2[N+](=O)[O-])n1. The van der Waals surface area contributed by atoms with Crippen molar-refractivity contribution in [3.63, 3.8) is 0 Å². The van der Waals surface area contributed by atoms with E-state index < -0.39 is 10.8 Å². The topological polar surface area (TPSA) is 116 Å². The van der Waals surface area contributed by atoms with Crippen molar-refractivity contribution in [2.75, 3.05) is 0 Å². The Hall–Kier alpha value is -3.57. The summed E-state index contributed by atoms with van der Waals surface area (Å²) in [7, 11) is 0. The number of nitro groups is 1. The van der Waals surface area contributed by atoms with Crippen LogP contribution in [0.5, 0.6) is 0 Å². The molecule has 0 saturated heterocycles. The van der Waals surface area contributed by atoms with Gasteiger partial charge in [-0.25, -0.2) is 14.6 Å². The van der Waals surface area contributed by atoms with Crippen LogP contribution in [0.15, 0.2) is 69.6 Å². The van der Waals surface area contributed by atoms with Crippen molar-refractivity contribution in [1.82, 2.24) is 25.1 Å². The summed E-state index contributed by atoms with van der Waals surface area (Å²) in [6.45, 7) is 2.11. The van der Waals surface area contributed by atoms with Gasteiger partial charge in [-0.3, -0.25) is 14.9 Å². The first kappa shape index (κ1) is 20.7. The molecule has 0 unspecified atom stereocenters. The number of rotatable bonds is 7. The number of hydrogen-bond acceptors (Lipinski definition) is 8. The van der Waals surface area contributed by atoms with E-state index in [9.17, 15) is 14.9 Å². The number of amides is 1. The molecular weight excluding hydrogens is 436 g/mol. The second kappa shape index (κ2) is 9.06. The molecule has 4 rings (SSSR count). The number of benzene rings is 1. The molecule has 0 spiro atoms. The molecule has 3 heterocycles. The Kier molecular flexibility index (Phi) is 6.05. The number of nitrogens with one attached hydrogen (secondary N) is 1. The van der Waals surface area contributed by atoms with Gasteiger partial charge in [-0.15, -0.1) is 11.3 Å². The highest BCUT2D eigenvalue weighted by atomic mass is 32.2. The smallest absolute Gasteiger partial charge is 0.284 e. The zero-order valence-corrected chi connectivity index (χ0v) is 17.9. The number of carbonyl (C=O) groups is 1. The molecule has 156 valence electrons. The van der Waals surface area contributed by atoms with E-state index in [-0.39, 0.29) is 17.8 Å². The molecule has 0 atom stereocenters. The second-order valence-electron chi connectivity index (χ2n) is 6.45. The van der Waals surface area contributed by atoms with Crippen LogP contribution in [0.25, 0.3) is 5.82 Å². The maximum atomic E-state index is 12.6. The third-order valence-electron chi connectivity index (χ3n) is 4.22. The highest BCUT2D eigenvalue weighted by molar-refractivity contribution is 8.01. The predicted octanol–water partition coefficient (Wildman–Crippen LogP) is 4.02. The van der Waals surface area contributed by atoms with Crippen molar-refractivity contribution in [2.45, 2.75) is 22.7 Å². The minimum Gasteiger partial charge on any atom is -0.348 e. The van der Waals surface area contributed by atoms with Crippen molar-refractivity contribution in [2.24, 2.45) is 0 Å². The quantitative estimate of drug-likeness (QED) is 0.332. The summed E-state index contributed by atoms with van der Waals surface area (Å²) in [5.41, 5.74) is 1.77. The van der Waals surface area contributed by atoms with Gasteiger partial charge in [0, 0.05) is 47.8 Å². The summed E-state index contributed by atoms with van der Waals surface area (Å²) in [6.07, 6.45) is 5.06. The predicted molar refractivity (Wildman–Crippen MR) is 117 cm³/mol. The minimum absolute atomic E-state index is 0.129. The normalized spacial score (nSPS) is 10.7. The largest absolute Gasteiger partial charge is 0.348 e. The summed E-state index contributed by atoms with van der Waals surface area (Å²) in [6, 6.07) is 9.83. The summed E-state index contributed by atoms with van der Waals surface area (Å²) in [5.74, 6) is 0.230. The molecule has 0 fully saturated rings. The van der Waals surface area contributed by atoms with Gasteiger partial charge in [0.25, 0.3) is 11.6 Å². The van der Waals surface area contributed by atoms with Crippen molar-refractivity contribution >= 4 is 34.7 Å². The number of thiazole rings is 1. The number of pyridine rings is 1. The van der Waals surface area contributed by atoms with Crippen molar-refractivity contribution < 1.29 is 9.72 Å². The first-order chi connectivity index (χ1) is 15.0. The number of aryl methyl sites for hydroxylation is 1. The molecular formula is C20H16N6O3S2. The molecule has 9 nitrogen and oxygen atoms in total. The van der Waals surface area contributed by atoms with Gasteiger partial charge in [0.15, 0.2) is 10.2 Å². The van der Waals surface area contributed by atoms with Gasteiger partial charge in [0.2, 0.25) is 0 Å². The molecule has 1 amide bonds. The van der Waals surface area contributed by atoms with Crippen LogP contribution < -0.4 is 5.32 Å². The van der Waals surface area contributed by atoms with Gasteiger partial charge >= 0.3 is 0 Å². The fourth-order valence-electron chi connectivity index (χ4n) is 2.75. The molecule has 0 saturated carbocycles. The number of nitro benzene ring substituents is 1. The van der Waals surface area contributed by atoms with Crippen LogP contribution in [-0.4, -0.2) is 30.6 Å². The maximum absolute atomic E-state index is 12.6. The summed E-state index contributed by atoms with van der Waals surface area (Å²) >= 11 is 2.63. The van der Waals surface area contributed by atoms with E-state index in [1.165, 1.54) is 29.2 Å². The van der Waals surface area contributed by atoms with Crippen molar-refractivity contribution in [3.05, 3.63) is 87.3 Å². The Morgan fingerprint density at radius 3 is 2.87 bits per heavy atom. The van der Waals surface area contributed by atoms with Crippen LogP contribution in [0, 0.1) is 17.0 Å². The third kappa shape index (κ3) is 4.95. The first-order valence-electron chi connectivity index (χ1n) is 9.11. The Morgan fingerprint density at radius 2 is 2.16 bits per heavy atom. The molecule has 0 bridgehead atoms. The zero-order valence-electron chi connectivity index (χ0n) is 16.3. The standard InChI is InChI=1S/C20H16N6O3S2/c1-13-12-30-20(24-13)31-17-4-3-15(10-16(17)26(28)29)19(27)22-11-14-5-7-21-18(9-14)25-8-2-6-23-25/h2-10,12H,11H2,1H3,(H,22,27). The van der Waals surface area contributed by atoms with E-state index in [1.807, 2.05) is 18.4 Å². The lowest BCUT2D eigenvalue weighted by Crippen LogP contribution is -2.23. The first-order valence-corrected chi connectivity index (χ1v) is 10.8. The van der Waals surface area contributed by atoms with Crippen molar-refractivity contribution in [3.8, 4) is 5.82 Å². The number of hydrogen-bond donors (Lipinski definition) is 1. The van der Waals surface area contributed by atoms with E-state index >= 15 is 0 Å². The van der Waals surface area contributed by atoms with Gasteiger partial charge in [-0.1, -0.05) is 11.8 Å². The highest BCUT2D eigenvalue weighted by Crippen LogP contribution is 2.36. The minimum atomic E-state index is -0.487. The Morgan fingerprint density at radius 1 is 1.29 bits per heavy atom. The Bertz CT molecular complexity index is 1240. The Labute approximate surface area is 185 Å². The van der Waals surface area contributed by atoms with E-state index in [4.69, 9.17) is 0 Å². The monoisotopic (exact) mass is 452 g/mol. The maximum Gasteiger partial charge on any atom is 0.284 e. The average molecular weight is 453 g/mol. The van der Waals surface area contributed by atoms with Crippen LogP contribution in [0.2, 0.25) is 0 Å². The lowest BCUT2D eigenvalue weighted by molar-refractivity contribution is -0.387. The average Bonchev–Trinajstić information content (AvgIpc) is 3.44. The number of nitrogens with zero attached hydrogens (tertiary/aromatic N) is 5. The molecule has 0 aliphatic heterocycles. The van der Waals surface area contributed by atoms with Crippen LogP contribution in [-0.2, 0) is 6.54 Å². The van der Waals surface area contributed by atoms with E-state index in [0.717, 1.165) is 11.3 Å². The zero-order chi connectivity index (χ0) is 21.8.